The number of aryl methyl sites for hydroxylation is 1. The number of hydrogen-bond donors (Lipinski definition) is 1. The van der Waals surface area contributed by atoms with Crippen LogP contribution in [0.5, 0.6) is 0 Å². The third kappa shape index (κ3) is 1.16. The number of aliphatic imine (C=N–C) groups is 1. The third-order valence-electron chi connectivity index (χ3n) is 2.96. The molecular formula is C11H12N2S. The van der Waals surface area contributed by atoms with E-state index in [0.717, 1.165) is 5.17 Å². The van der Waals surface area contributed by atoms with Crippen LogP contribution < -0.4 is 5.73 Å². The zero-order chi connectivity index (χ0) is 9.54. The molecule has 1 aromatic carbocycles. The number of nitrogens with zero attached hydrogens (tertiary/aromatic N) is 1. The van der Waals surface area contributed by atoms with Crippen LogP contribution in [0.4, 0.5) is 0 Å². The van der Waals surface area contributed by atoms with Crippen LogP contribution >= 0.6 is 11.8 Å². The second-order valence-electron chi connectivity index (χ2n) is 3.81. The number of nitrogens with two attached hydrogens (primary N) is 1. The summed E-state index contributed by atoms with van der Waals surface area (Å²) >= 11 is 1.74. The average Bonchev–Trinajstić information content (AvgIpc) is 2.59. The van der Waals surface area contributed by atoms with Crippen LogP contribution in [0, 0.1) is 0 Å². The predicted octanol–water partition coefficient (Wildman–Crippen LogP) is 2.10. The Kier molecular flexibility index (Phi) is 1.80. The molecule has 0 amide bonds. The summed E-state index contributed by atoms with van der Waals surface area (Å²) in [6.07, 6.45) is 2.38. The standard InChI is InChI=1S/C11H12N2S/c12-11-13-10-8-4-2-1-3-7(8)5-6-9(10)14-11/h1-4,9-10H,5-6H2,(H2,12,13)/t9-,10+/m1/s1. The van der Waals surface area contributed by atoms with E-state index in [9.17, 15) is 0 Å². The van der Waals surface area contributed by atoms with E-state index in [0.29, 0.717) is 11.3 Å². The Morgan fingerprint density at radius 1 is 1.36 bits per heavy atom. The first kappa shape index (κ1) is 8.36. The van der Waals surface area contributed by atoms with E-state index in [4.69, 9.17) is 5.73 Å². The van der Waals surface area contributed by atoms with E-state index in [1.807, 2.05) is 0 Å². The minimum absolute atomic E-state index is 0.324. The molecule has 0 saturated heterocycles. The highest BCUT2D eigenvalue weighted by molar-refractivity contribution is 8.14. The van der Waals surface area contributed by atoms with Crippen LogP contribution in [-0.2, 0) is 6.42 Å². The lowest BCUT2D eigenvalue weighted by Crippen LogP contribution is -2.18. The highest BCUT2D eigenvalue weighted by Gasteiger charge is 2.34. The molecule has 1 aliphatic carbocycles. The number of thioether (sulfide) groups is 1. The summed E-state index contributed by atoms with van der Waals surface area (Å²) in [5.74, 6) is 0. The number of rotatable bonds is 0. The first-order valence-electron chi connectivity index (χ1n) is 4.92. The van der Waals surface area contributed by atoms with Crippen LogP contribution in [0.2, 0.25) is 0 Å². The zero-order valence-corrected chi connectivity index (χ0v) is 8.63. The third-order valence-corrected chi connectivity index (χ3v) is 4.11. The van der Waals surface area contributed by atoms with Crippen molar-refractivity contribution in [1.29, 1.82) is 0 Å². The van der Waals surface area contributed by atoms with E-state index in [1.165, 1.54) is 24.0 Å². The van der Waals surface area contributed by atoms with Gasteiger partial charge in [-0.2, -0.15) is 0 Å². The molecule has 0 spiro atoms. The van der Waals surface area contributed by atoms with Gasteiger partial charge in [0.1, 0.15) is 0 Å². The summed E-state index contributed by atoms with van der Waals surface area (Å²) in [4.78, 5) is 4.51. The molecule has 2 N–H and O–H groups in total. The van der Waals surface area contributed by atoms with Crippen molar-refractivity contribution in [3.05, 3.63) is 35.4 Å². The minimum atomic E-state index is 0.324. The van der Waals surface area contributed by atoms with Gasteiger partial charge in [-0.1, -0.05) is 36.0 Å². The highest BCUT2D eigenvalue weighted by atomic mass is 32.2. The molecule has 0 unspecified atom stereocenters. The molecule has 1 heterocycles. The maximum Gasteiger partial charge on any atom is 0.154 e. The highest BCUT2D eigenvalue weighted by Crippen LogP contribution is 2.43. The molecule has 14 heavy (non-hydrogen) atoms. The Hall–Kier alpha value is -0.960. The first-order chi connectivity index (χ1) is 6.84. The minimum Gasteiger partial charge on any atom is -0.379 e. The van der Waals surface area contributed by atoms with Gasteiger partial charge in [0.15, 0.2) is 5.17 Å². The number of amidine groups is 1. The lowest BCUT2D eigenvalue weighted by atomic mass is 9.88. The number of hydrogen-bond acceptors (Lipinski definition) is 3. The molecule has 0 saturated carbocycles. The van der Waals surface area contributed by atoms with Gasteiger partial charge < -0.3 is 5.73 Å². The van der Waals surface area contributed by atoms with Crippen molar-refractivity contribution in [2.75, 3.05) is 0 Å². The Balaban J connectivity index is 2.08. The van der Waals surface area contributed by atoms with Crippen LogP contribution in [0.15, 0.2) is 29.3 Å². The van der Waals surface area contributed by atoms with Gasteiger partial charge >= 0.3 is 0 Å². The summed E-state index contributed by atoms with van der Waals surface area (Å²) in [7, 11) is 0. The Bertz CT molecular complexity index is 400. The summed E-state index contributed by atoms with van der Waals surface area (Å²) in [5.41, 5.74) is 8.60. The quantitative estimate of drug-likeness (QED) is 0.703. The van der Waals surface area contributed by atoms with Crippen LogP contribution in [0.1, 0.15) is 23.6 Å². The fourth-order valence-corrected chi connectivity index (χ4v) is 3.36. The first-order valence-corrected chi connectivity index (χ1v) is 5.80. The van der Waals surface area contributed by atoms with Crippen molar-refractivity contribution in [3.63, 3.8) is 0 Å². The maximum atomic E-state index is 5.76. The van der Waals surface area contributed by atoms with Gasteiger partial charge in [-0.05, 0) is 24.0 Å². The van der Waals surface area contributed by atoms with Gasteiger partial charge in [0.25, 0.3) is 0 Å². The average molecular weight is 204 g/mol. The number of benzene rings is 1. The molecule has 3 heteroatoms. The second-order valence-corrected chi connectivity index (χ2v) is 5.07. The molecule has 0 fully saturated rings. The molecule has 0 bridgehead atoms. The largest absolute Gasteiger partial charge is 0.379 e. The molecule has 3 rings (SSSR count). The molecule has 2 aliphatic rings. The SMILES string of the molecule is NC1=N[C@H]2c3ccccc3CC[C@H]2S1. The van der Waals surface area contributed by atoms with Gasteiger partial charge in [-0.15, -0.1) is 0 Å². The Labute approximate surface area is 87.6 Å². The molecule has 1 aromatic rings. The lowest BCUT2D eigenvalue weighted by Gasteiger charge is -2.25. The molecule has 2 atom stereocenters. The summed E-state index contributed by atoms with van der Waals surface area (Å²) < 4.78 is 0. The lowest BCUT2D eigenvalue weighted by molar-refractivity contribution is 0.599. The van der Waals surface area contributed by atoms with Crippen LogP contribution in [0.3, 0.4) is 0 Å². The summed E-state index contributed by atoms with van der Waals surface area (Å²) in [6, 6.07) is 8.92. The molecule has 0 radical (unpaired) electrons. The fourth-order valence-electron chi connectivity index (χ4n) is 2.30. The van der Waals surface area contributed by atoms with E-state index in [1.54, 1.807) is 11.8 Å². The Morgan fingerprint density at radius 3 is 3.14 bits per heavy atom. The molecule has 0 aromatic heterocycles. The normalized spacial score (nSPS) is 29.3. The van der Waals surface area contributed by atoms with Crippen molar-refractivity contribution in [1.82, 2.24) is 0 Å². The zero-order valence-electron chi connectivity index (χ0n) is 7.81. The van der Waals surface area contributed by atoms with E-state index in [2.05, 4.69) is 29.3 Å². The number of fused-ring (bicyclic) bond motifs is 3. The molecule has 2 nitrogen and oxygen atoms in total. The molecule has 72 valence electrons. The summed E-state index contributed by atoms with van der Waals surface area (Å²) in [6.45, 7) is 0. The van der Waals surface area contributed by atoms with E-state index < -0.39 is 0 Å². The molecule has 1 aliphatic heterocycles. The van der Waals surface area contributed by atoms with Gasteiger partial charge in [-0.25, -0.2) is 0 Å². The van der Waals surface area contributed by atoms with Gasteiger partial charge in [0, 0.05) is 5.25 Å². The summed E-state index contributed by atoms with van der Waals surface area (Å²) in [5, 5.41) is 1.35. The second kappa shape index (κ2) is 3.02. The fraction of sp³-hybridized carbons (Fsp3) is 0.364. The van der Waals surface area contributed by atoms with E-state index in [-0.39, 0.29) is 0 Å². The van der Waals surface area contributed by atoms with Crippen LogP contribution in [-0.4, -0.2) is 10.4 Å². The van der Waals surface area contributed by atoms with E-state index >= 15 is 0 Å². The van der Waals surface area contributed by atoms with Crippen molar-refractivity contribution in [2.24, 2.45) is 10.7 Å². The Morgan fingerprint density at radius 2 is 2.21 bits per heavy atom. The van der Waals surface area contributed by atoms with Crippen LogP contribution in [0.25, 0.3) is 0 Å². The predicted molar refractivity (Wildman–Crippen MR) is 60.5 cm³/mol. The maximum absolute atomic E-state index is 5.76. The van der Waals surface area contributed by atoms with Gasteiger partial charge in [0.05, 0.1) is 6.04 Å². The van der Waals surface area contributed by atoms with Crippen molar-refractivity contribution < 1.29 is 0 Å². The topological polar surface area (TPSA) is 38.4 Å². The van der Waals surface area contributed by atoms with Crippen molar-refractivity contribution in [2.45, 2.75) is 24.1 Å². The van der Waals surface area contributed by atoms with Crippen molar-refractivity contribution in [3.8, 4) is 0 Å². The van der Waals surface area contributed by atoms with Gasteiger partial charge in [0.2, 0.25) is 0 Å². The molecular weight excluding hydrogens is 192 g/mol. The smallest absolute Gasteiger partial charge is 0.154 e. The van der Waals surface area contributed by atoms with Crippen molar-refractivity contribution >= 4 is 16.9 Å². The van der Waals surface area contributed by atoms with Gasteiger partial charge in [-0.3, -0.25) is 4.99 Å². The monoisotopic (exact) mass is 204 g/mol.